The molecule has 0 atom stereocenters. The van der Waals surface area contributed by atoms with Gasteiger partial charge in [-0.25, -0.2) is 4.39 Å². The van der Waals surface area contributed by atoms with Crippen LogP contribution in [0.2, 0.25) is 0 Å². The first-order valence-electron chi connectivity index (χ1n) is 9.06. The topological polar surface area (TPSA) is 66.0 Å². The molecule has 1 aliphatic rings. The molecule has 0 radical (unpaired) electrons. The zero-order chi connectivity index (χ0) is 18.5. The maximum absolute atomic E-state index is 13.0. The van der Waals surface area contributed by atoms with Gasteiger partial charge >= 0.3 is 0 Å². The zero-order valence-electron chi connectivity index (χ0n) is 14.9. The Bertz CT molecular complexity index is 876. The van der Waals surface area contributed by atoms with Crippen LogP contribution in [0.25, 0.3) is 0 Å². The van der Waals surface area contributed by atoms with Gasteiger partial charge in [0.15, 0.2) is 5.82 Å². The molecule has 0 unspecified atom stereocenters. The predicted molar refractivity (Wildman–Crippen MR) is 105 cm³/mol. The molecule has 1 saturated heterocycles. The van der Waals surface area contributed by atoms with Gasteiger partial charge in [-0.1, -0.05) is 12.1 Å². The van der Waals surface area contributed by atoms with Crippen molar-refractivity contribution in [3.8, 4) is 0 Å². The molecular formula is C20H21FN6. The van der Waals surface area contributed by atoms with E-state index in [1.165, 1.54) is 30.7 Å². The van der Waals surface area contributed by atoms with E-state index in [9.17, 15) is 4.39 Å². The van der Waals surface area contributed by atoms with Gasteiger partial charge < -0.3 is 15.5 Å². The summed E-state index contributed by atoms with van der Waals surface area (Å²) in [6.07, 6.45) is 4.11. The highest BCUT2D eigenvalue weighted by molar-refractivity contribution is 5.61. The van der Waals surface area contributed by atoms with Crippen LogP contribution in [0.15, 0.2) is 54.7 Å². The largest absolute Gasteiger partial charge is 0.372 e. The molecule has 0 saturated carbocycles. The third-order valence-electron chi connectivity index (χ3n) is 4.53. The number of hydrogen-bond donors (Lipinski definition) is 2. The number of rotatable bonds is 6. The summed E-state index contributed by atoms with van der Waals surface area (Å²) in [5, 5.41) is 14.3. The van der Waals surface area contributed by atoms with E-state index in [1.807, 2.05) is 12.1 Å². The molecule has 6 nitrogen and oxygen atoms in total. The van der Waals surface area contributed by atoms with E-state index in [1.54, 1.807) is 18.3 Å². The lowest BCUT2D eigenvalue weighted by atomic mass is 10.2. The molecule has 3 aromatic rings. The van der Waals surface area contributed by atoms with Crippen LogP contribution in [-0.2, 0) is 6.54 Å². The van der Waals surface area contributed by atoms with Gasteiger partial charge in [-0.3, -0.25) is 0 Å². The van der Waals surface area contributed by atoms with E-state index in [0.717, 1.165) is 24.3 Å². The van der Waals surface area contributed by atoms with Crippen molar-refractivity contribution in [3.63, 3.8) is 0 Å². The first-order chi connectivity index (χ1) is 13.3. The lowest BCUT2D eigenvalue weighted by molar-refractivity contribution is 0.627. The Kier molecular flexibility index (Phi) is 5.09. The van der Waals surface area contributed by atoms with E-state index >= 15 is 0 Å². The van der Waals surface area contributed by atoms with Crippen molar-refractivity contribution in [1.82, 2.24) is 15.2 Å². The van der Waals surface area contributed by atoms with Crippen molar-refractivity contribution < 1.29 is 4.39 Å². The molecule has 1 fully saturated rings. The molecule has 2 N–H and O–H groups in total. The third-order valence-corrected chi connectivity index (χ3v) is 4.53. The molecule has 1 aliphatic heterocycles. The van der Waals surface area contributed by atoms with Gasteiger partial charge in [-0.05, 0) is 54.8 Å². The van der Waals surface area contributed by atoms with Crippen LogP contribution < -0.4 is 15.5 Å². The highest BCUT2D eigenvalue weighted by Gasteiger charge is 2.11. The second kappa shape index (κ2) is 7.99. The lowest BCUT2D eigenvalue weighted by Gasteiger charge is -2.17. The molecule has 0 spiro atoms. The number of nitrogens with one attached hydrogen (secondary N) is 2. The van der Waals surface area contributed by atoms with Crippen molar-refractivity contribution in [1.29, 1.82) is 0 Å². The maximum atomic E-state index is 13.0. The van der Waals surface area contributed by atoms with Gasteiger partial charge in [0, 0.05) is 31.0 Å². The zero-order valence-corrected chi connectivity index (χ0v) is 14.9. The Balaban J connectivity index is 1.37. The SMILES string of the molecule is Fc1ccc(CNc2nncc(Nc3ccc(N4CCCC4)cc3)n2)cc1. The third kappa shape index (κ3) is 4.49. The van der Waals surface area contributed by atoms with Gasteiger partial charge in [0.25, 0.3) is 0 Å². The molecule has 0 aliphatic carbocycles. The fraction of sp³-hybridized carbons (Fsp3) is 0.250. The van der Waals surface area contributed by atoms with Crippen LogP contribution in [0, 0.1) is 5.82 Å². The lowest BCUT2D eigenvalue weighted by Crippen LogP contribution is -2.17. The summed E-state index contributed by atoms with van der Waals surface area (Å²) < 4.78 is 13.0. The molecule has 27 heavy (non-hydrogen) atoms. The van der Waals surface area contributed by atoms with Gasteiger partial charge in [-0.15, -0.1) is 5.10 Å². The molecule has 0 amide bonds. The van der Waals surface area contributed by atoms with Crippen LogP contribution in [0.3, 0.4) is 0 Å². The summed E-state index contributed by atoms with van der Waals surface area (Å²) in [6.45, 7) is 2.76. The average molecular weight is 364 g/mol. The minimum Gasteiger partial charge on any atom is -0.372 e. The number of aromatic nitrogens is 3. The molecule has 1 aromatic heterocycles. The number of benzene rings is 2. The Morgan fingerprint density at radius 1 is 0.963 bits per heavy atom. The summed E-state index contributed by atoms with van der Waals surface area (Å²) in [6, 6.07) is 14.6. The van der Waals surface area contributed by atoms with E-state index in [2.05, 4.69) is 42.8 Å². The average Bonchev–Trinajstić information content (AvgIpc) is 3.23. The number of anilines is 4. The number of nitrogens with zero attached hydrogens (tertiary/aromatic N) is 4. The van der Waals surface area contributed by atoms with E-state index in [0.29, 0.717) is 18.3 Å². The normalized spacial score (nSPS) is 13.6. The minimum atomic E-state index is -0.251. The molecule has 4 rings (SSSR count). The first kappa shape index (κ1) is 17.2. The maximum Gasteiger partial charge on any atom is 0.244 e. The van der Waals surface area contributed by atoms with Gasteiger partial charge in [-0.2, -0.15) is 10.1 Å². The number of hydrogen-bond acceptors (Lipinski definition) is 6. The summed E-state index contributed by atoms with van der Waals surface area (Å²) in [5.41, 5.74) is 3.14. The first-order valence-corrected chi connectivity index (χ1v) is 9.06. The van der Waals surface area contributed by atoms with Crippen molar-refractivity contribution >= 4 is 23.1 Å². The monoisotopic (exact) mass is 364 g/mol. The summed E-state index contributed by atoms with van der Waals surface area (Å²) in [7, 11) is 0. The van der Waals surface area contributed by atoms with Gasteiger partial charge in [0.1, 0.15) is 5.82 Å². The van der Waals surface area contributed by atoms with E-state index in [-0.39, 0.29) is 5.82 Å². The van der Waals surface area contributed by atoms with Crippen LogP contribution in [0.1, 0.15) is 18.4 Å². The molecular weight excluding hydrogens is 343 g/mol. The highest BCUT2D eigenvalue weighted by atomic mass is 19.1. The van der Waals surface area contributed by atoms with E-state index < -0.39 is 0 Å². The number of halogens is 1. The second-order valence-electron chi connectivity index (χ2n) is 6.51. The van der Waals surface area contributed by atoms with Crippen molar-refractivity contribution in [2.75, 3.05) is 28.6 Å². The van der Waals surface area contributed by atoms with Crippen molar-refractivity contribution in [2.45, 2.75) is 19.4 Å². The molecule has 7 heteroatoms. The molecule has 0 bridgehead atoms. The molecule has 2 heterocycles. The highest BCUT2D eigenvalue weighted by Crippen LogP contribution is 2.23. The summed E-state index contributed by atoms with van der Waals surface area (Å²) in [4.78, 5) is 6.82. The fourth-order valence-corrected chi connectivity index (χ4v) is 3.10. The van der Waals surface area contributed by atoms with Crippen LogP contribution in [-0.4, -0.2) is 28.3 Å². The second-order valence-corrected chi connectivity index (χ2v) is 6.51. The van der Waals surface area contributed by atoms with Crippen LogP contribution in [0.4, 0.5) is 27.5 Å². The Hall–Kier alpha value is -3.22. The Morgan fingerprint density at radius 3 is 2.44 bits per heavy atom. The smallest absolute Gasteiger partial charge is 0.244 e. The minimum absolute atomic E-state index is 0.251. The Labute approximate surface area is 157 Å². The molecule has 2 aromatic carbocycles. The molecule has 138 valence electrons. The van der Waals surface area contributed by atoms with E-state index in [4.69, 9.17) is 0 Å². The standard InChI is InChI=1S/C20H21FN6/c21-16-5-3-15(4-6-16)13-22-20-25-19(14-23-26-20)24-17-7-9-18(10-8-17)27-11-1-2-12-27/h3-10,14H,1-2,11-13H2,(H2,22,24,25,26). The van der Waals surface area contributed by atoms with Crippen molar-refractivity contribution in [2.24, 2.45) is 0 Å². The van der Waals surface area contributed by atoms with Crippen molar-refractivity contribution in [3.05, 3.63) is 66.1 Å². The summed E-state index contributed by atoms with van der Waals surface area (Å²) >= 11 is 0. The van der Waals surface area contributed by atoms with Gasteiger partial charge in [0.2, 0.25) is 5.95 Å². The van der Waals surface area contributed by atoms with Crippen LogP contribution in [0.5, 0.6) is 0 Å². The summed E-state index contributed by atoms with van der Waals surface area (Å²) in [5.74, 6) is 0.775. The quantitative estimate of drug-likeness (QED) is 0.690. The van der Waals surface area contributed by atoms with Crippen LogP contribution >= 0.6 is 0 Å². The Morgan fingerprint density at radius 2 is 1.70 bits per heavy atom. The van der Waals surface area contributed by atoms with Gasteiger partial charge in [0.05, 0.1) is 6.20 Å². The predicted octanol–water partition coefficient (Wildman–Crippen LogP) is 3.97. The fourth-order valence-electron chi connectivity index (χ4n) is 3.10.